The maximum atomic E-state index is 6.14. The van der Waals surface area contributed by atoms with Crippen LogP contribution in [0.25, 0.3) is 0 Å². The Morgan fingerprint density at radius 1 is 0.952 bits per heavy atom. The molecule has 7 heteroatoms. The summed E-state index contributed by atoms with van der Waals surface area (Å²) in [5.41, 5.74) is 0. The molecule has 0 fully saturated rings. The molecule has 1 unspecified atom stereocenters. The number of hydrogen-bond acceptors (Lipinski definition) is 4. The van der Waals surface area contributed by atoms with Crippen LogP contribution in [0.5, 0.6) is 0 Å². The molecule has 0 aromatic rings. The quantitative estimate of drug-likeness (QED) is 0.260. The molecule has 0 aliphatic heterocycles. The van der Waals surface area contributed by atoms with Crippen LogP contribution in [0, 0.1) is 0 Å². The molecule has 124 valence electrons. The van der Waals surface area contributed by atoms with Crippen molar-refractivity contribution in [3.8, 4) is 0 Å². The van der Waals surface area contributed by atoms with E-state index in [2.05, 4.69) is 70.7 Å². The second-order valence-electron chi connectivity index (χ2n) is 8.18. The van der Waals surface area contributed by atoms with E-state index in [1.807, 2.05) is 0 Å². The van der Waals surface area contributed by atoms with Gasteiger partial charge in [-0.1, -0.05) is 6.58 Å². The first-order chi connectivity index (χ1) is 9.18. The predicted octanol–water partition coefficient (Wildman–Crippen LogP) is 4.80. The van der Waals surface area contributed by atoms with Gasteiger partial charge >= 0.3 is 0 Å². The Morgan fingerprint density at radius 3 is 1.86 bits per heavy atom. The summed E-state index contributed by atoms with van der Waals surface area (Å²) in [6, 6.07) is 0. The Hall–Kier alpha value is -0.379. The normalized spacial score (nSPS) is 15.1. The van der Waals surface area contributed by atoms with Gasteiger partial charge in [-0.05, 0) is 58.9 Å². The van der Waals surface area contributed by atoms with Crippen LogP contribution in [0.3, 0.4) is 0 Å². The molecule has 0 amide bonds. The molecule has 0 aliphatic rings. The van der Waals surface area contributed by atoms with Crippen LogP contribution in [0.15, 0.2) is 17.5 Å². The molecule has 0 bridgehead atoms. The van der Waals surface area contributed by atoms with E-state index in [9.17, 15) is 0 Å². The van der Waals surface area contributed by atoms with Crippen molar-refractivity contribution in [2.45, 2.75) is 71.4 Å². The van der Waals surface area contributed by atoms with E-state index in [-0.39, 0.29) is 6.10 Å². The van der Waals surface area contributed by atoms with Gasteiger partial charge in [0.25, 0.3) is 8.32 Å². The van der Waals surface area contributed by atoms with Crippen LogP contribution in [0.1, 0.15) is 6.42 Å². The molecule has 0 heterocycles. The second-order valence-corrected chi connectivity index (χ2v) is 21.5. The molecule has 0 N–H and O–H groups in total. The zero-order valence-electron chi connectivity index (χ0n) is 15.2. The first-order valence-electron chi connectivity index (χ1n) is 7.44. The van der Waals surface area contributed by atoms with Gasteiger partial charge in [0.1, 0.15) is 0 Å². The van der Waals surface area contributed by atoms with Crippen molar-refractivity contribution in [2.75, 3.05) is 0 Å². The maximum Gasteiger partial charge on any atom is 0.278 e. The summed E-state index contributed by atoms with van der Waals surface area (Å²) in [5, 5.41) is 4.13. The Morgan fingerprint density at radius 2 is 1.48 bits per heavy atom. The minimum absolute atomic E-state index is 0.128. The zero-order valence-corrected chi connectivity index (χ0v) is 18.2. The third-order valence-corrected chi connectivity index (χ3v) is 4.50. The van der Waals surface area contributed by atoms with Crippen LogP contribution in [0.2, 0.25) is 58.9 Å². The third-order valence-electron chi connectivity index (χ3n) is 1.94. The molecule has 21 heavy (non-hydrogen) atoms. The van der Waals surface area contributed by atoms with Crippen LogP contribution in [-0.2, 0) is 13.4 Å². The summed E-state index contributed by atoms with van der Waals surface area (Å²) in [5.74, 6) is 0.775. The standard InChI is InChI=1S/C14H33NO3Si3/c1-13(16-19(2,3)4)11-14(17-20(5,6)7)12-15-18-21(8,9)10/h12,14H,1,11H2,2-10H3/b15-12+. The lowest BCUT2D eigenvalue weighted by molar-refractivity contribution is 0.236. The van der Waals surface area contributed by atoms with E-state index in [1.165, 1.54) is 0 Å². The van der Waals surface area contributed by atoms with Gasteiger partial charge in [-0.25, -0.2) is 0 Å². The highest BCUT2D eigenvalue weighted by Gasteiger charge is 2.24. The SMILES string of the molecule is C=C(CC(/C=N/O[Si](C)(C)C)O[Si](C)(C)C)O[Si](C)(C)C. The van der Waals surface area contributed by atoms with Gasteiger partial charge in [0, 0.05) is 6.42 Å². The molecule has 0 radical (unpaired) electrons. The van der Waals surface area contributed by atoms with Gasteiger partial charge in [0.15, 0.2) is 8.32 Å². The van der Waals surface area contributed by atoms with Gasteiger partial charge in [0.2, 0.25) is 8.32 Å². The lowest BCUT2D eigenvalue weighted by Gasteiger charge is -2.27. The molecular formula is C14H33NO3Si3. The summed E-state index contributed by atoms with van der Waals surface area (Å²) in [6.45, 7) is 23.3. The number of hydrogen-bond donors (Lipinski definition) is 0. The Bertz CT molecular complexity index is 365. The molecule has 0 spiro atoms. The Balaban J connectivity index is 4.71. The van der Waals surface area contributed by atoms with Crippen LogP contribution in [-0.4, -0.2) is 37.3 Å². The molecule has 4 nitrogen and oxygen atoms in total. The smallest absolute Gasteiger partial charge is 0.278 e. The molecule has 0 aliphatic carbocycles. The van der Waals surface area contributed by atoms with Crippen molar-refractivity contribution in [3.05, 3.63) is 12.3 Å². The summed E-state index contributed by atoms with van der Waals surface area (Å²) >= 11 is 0. The highest BCUT2D eigenvalue weighted by atomic mass is 28.4. The van der Waals surface area contributed by atoms with Crippen molar-refractivity contribution in [1.82, 2.24) is 0 Å². The number of rotatable bonds is 9. The third kappa shape index (κ3) is 14.3. The van der Waals surface area contributed by atoms with Crippen molar-refractivity contribution in [3.63, 3.8) is 0 Å². The summed E-state index contributed by atoms with van der Waals surface area (Å²) < 4.78 is 17.6. The fourth-order valence-electron chi connectivity index (χ4n) is 1.53. The van der Waals surface area contributed by atoms with E-state index in [4.69, 9.17) is 13.4 Å². The summed E-state index contributed by atoms with van der Waals surface area (Å²) in [4.78, 5) is 0. The lowest BCUT2D eigenvalue weighted by Crippen LogP contribution is -2.34. The lowest BCUT2D eigenvalue weighted by atomic mass is 10.2. The highest BCUT2D eigenvalue weighted by molar-refractivity contribution is 6.70. The molecule has 0 rings (SSSR count). The van der Waals surface area contributed by atoms with Crippen molar-refractivity contribution in [2.24, 2.45) is 5.16 Å². The number of nitrogens with zero attached hydrogens (tertiary/aromatic N) is 1. The van der Waals surface area contributed by atoms with E-state index in [1.54, 1.807) is 6.21 Å². The molecular weight excluding hydrogens is 314 g/mol. The van der Waals surface area contributed by atoms with Crippen LogP contribution < -0.4 is 0 Å². The molecule has 0 saturated carbocycles. The minimum atomic E-state index is -1.66. The van der Waals surface area contributed by atoms with Gasteiger partial charge < -0.3 is 13.4 Å². The van der Waals surface area contributed by atoms with Gasteiger partial charge in [-0.2, -0.15) is 0 Å². The second kappa shape index (κ2) is 7.75. The van der Waals surface area contributed by atoms with Crippen LogP contribution in [0.4, 0.5) is 0 Å². The van der Waals surface area contributed by atoms with Gasteiger partial charge in [0.05, 0.1) is 18.1 Å². The fraction of sp³-hybridized carbons (Fsp3) is 0.786. The fourth-order valence-corrected chi connectivity index (χ4v) is 3.91. The first-order valence-corrected chi connectivity index (χ1v) is 17.7. The number of oxime groups is 1. The largest absolute Gasteiger partial charge is 0.548 e. The highest BCUT2D eigenvalue weighted by Crippen LogP contribution is 2.17. The van der Waals surface area contributed by atoms with Crippen molar-refractivity contribution < 1.29 is 13.4 Å². The minimum Gasteiger partial charge on any atom is -0.548 e. The van der Waals surface area contributed by atoms with Gasteiger partial charge in [-0.15, -0.1) is 5.16 Å². The topological polar surface area (TPSA) is 40.0 Å². The Labute approximate surface area is 133 Å². The predicted molar refractivity (Wildman–Crippen MR) is 99.3 cm³/mol. The average Bonchev–Trinajstić information content (AvgIpc) is 2.08. The van der Waals surface area contributed by atoms with E-state index in [0.29, 0.717) is 6.42 Å². The monoisotopic (exact) mass is 347 g/mol. The van der Waals surface area contributed by atoms with Crippen molar-refractivity contribution in [1.29, 1.82) is 0 Å². The van der Waals surface area contributed by atoms with E-state index < -0.39 is 25.0 Å². The summed E-state index contributed by atoms with van der Waals surface area (Å²) in [7, 11) is -4.93. The van der Waals surface area contributed by atoms with E-state index in [0.717, 1.165) is 5.76 Å². The first kappa shape index (κ1) is 20.6. The van der Waals surface area contributed by atoms with Gasteiger partial charge in [-0.3, -0.25) is 0 Å². The maximum absolute atomic E-state index is 6.14. The molecule has 0 aromatic carbocycles. The zero-order chi connectivity index (χ0) is 16.9. The summed E-state index contributed by atoms with van der Waals surface area (Å²) in [6.07, 6.45) is 2.26. The molecule has 1 atom stereocenters. The Kier molecular flexibility index (Phi) is 7.61. The molecule has 0 saturated heterocycles. The average molecular weight is 348 g/mol. The van der Waals surface area contributed by atoms with Crippen molar-refractivity contribution >= 4 is 31.2 Å². The van der Waals surface area contributed by atoms with Crippen LogP contribution >= 0.6 is 0 Å². The molecule has 0 aromatic heterocycles. The van der Waals surface area contributed by atoms with E-state index >= 15 is 0 Å².